The van der Waals surface area contributed by atoms with Crippen molar-refractivity contribution >= 4 is 0 Å². The van der Waals surface area contributed by atoms with Gasteiger partial charge in [-0.05, 0) is 0 Å². The molecule has 0 saturated heterocycles. The maximum atomic E-state index is 12.7. The summed E-state index contributed by atoms with van der Waals surface area (Å²) in [5.41, 5.74) is 0.115. The lowest BCUT2D eigenvalue weighted by molar-refractivity contribution is 0.392. The predicted molar refractivity (Wildman–Crippen MR) is 35.2 cm³/mol. The second-order valence-electron chi connectivity index (χ2n) is 3.26. The molecule has 0 radical (unpaired) electrons. The topological polar surface area (TPSA) is 26.0 Å². The van der Waals surface area contributed by atoms with E-state index in [0.29, 0.717) is 5.69 Å². The third-order valence-electron chi connectivity index (χ3n) is 1.24. The van der Waals surface area contributed by atoms with Gasteiger partial charge in [0.15, 0.2) is 12.1 Å². The molecule has 0 aliphatic rings. The molecule has 0 saturated carbocycles. The zero-order chi connectivity index (χ0) is 7.78. The summed E-state index contributed by atoms with van der Waals surface area (Å²) in [6, 6.07) is 0. The zero-order valence-corrected chi connectivity index (χ0v) is 6.31. The van der Waals surface area contributed by atoms with Crippen molar-refractivity contribution in [2.24, 2.45) is 0 Å². The molecule has 0 bridgehead atoms. The van der Waals surface area contributed by atoms with Gasteiger partial charge in [-0.3, -0.25) is 0 Å². The number of nitrogens with zero attached hydrogens (tertiary/aromatic N) is 1. The molecule has 1 aromatic rings. The maximum absolute atomic E-state index is 12.7. The summed E-state index contributed by atoms with van der Waals surface area (Å²) in [6.45, 7) is 5.65. The molecule has 0 aliphatic carbocycles. The van der Waals surface area contributed by atoms with Gasteiger partial charge in [0.25, 0.3) is 0 Å². The zero-order valence-electron chi connectivity index (χ0n) is 6.31. The third-order valence-corrected chi connectivity index (χ3v) is 1.24. The average molecular weight is 143 g/mol. The fourth-order valence-corrected chi connectivity index (χ4v) is 0.720. The van der Waals surface area contributed by atoms with E-state index in [1.54, 1.807) is 0 Å². The highest BCUT2D eigenvalue weighted by atomic mass is 19.1. The second-order valence-corrected chi connectivity index (χ2v) is 3.26. The Labute approximate surface area is 59.0 Å². The predicted octanol–water partition coefficient (Wildman–Crippen LogP) is 2.11. The van der Waals surface area contributed by atoms with Crippen molar-refractivity contribution in [3.63, 3.8) is 0 Å². The summed E-state index contributed by atoms with van der Waals surface area (Å²) in [6.07, 6.45) is 1.01. The lowest BCUT2D eigenvalue weighted by atomic mass is 9.92. The maximum Gasteiger partial charge on any atom is 0.186 e. The molecule has 0 amide bonds. The SMILES string of the molecule is CC(C)(C)c1nocc1F. The molecular weight excluding hydrogens is 133 g/mol. The van der Waals surface area contributed by atoms with Gasteiger partial charge >= 0.3 is 0 Å². The molecule has 1 aromatic heterocycles. The van der Waals surface area contributed by atoms with Crippen LogP contribution in [0, 0.1) is 5.82 Å². The largest absolute Gasteiger partial charge is 0.361 e. The van der Waals surface area contributed by atoms with Gasteiger partial charge in [-0.25, -0.2) is 4.39 Å². The molecular formula is C7H10FNO. The lowest BCUT2D eigenvalue weighted by Gasteiger charge is -2.12. The second kappa shape index (κ2) is 2.08. The number of hydrogen-bond acceptors (Lipinski definition) is 2. The van der Waals surface area contributed by atoms with Gasteiger partial charge in [0, 0.05) is 5.41 Å². The Morgan fingerprint density at radius 1 is 1.50 bits per heavy atom. The Morgan fingerprint density at radius 3 is 2.30 bits per heavy atom. The summed E-state index contributed by atoms with van der Waals surface area (Å²) in [7, 11) is 0. The van der Waals surface area contributed by atoms with Gasteiger partial charge in [0.2, 0.25) is 0 Å². The van der Waals surface area contributed by atoms with Crippen molar-refractivity contribution in [2.45, 2.75) is 26.2 Å². The van der Waals surface area contributed by atoms with Crippen molar-refractivity contribution in [1.82, 2.24) is 5.16 Å². The number of hydrogen-bond donors (Lipinski definition) is 0. The molecule has 0 aliphatic heterocycles. The lowest BCUT2D eigenvalue weighted by Crippen LogP contribution is -2.13. The van der Waals surface area contributed by atoms with Crippen LogP contribution in [0.1, 0.15) is 26.5 Å². The van der Waals surface area contributed by atoms with Crippen LogP contribution in [-0.2, 0) is 5.41 Å². The normalized spacial score (nSPS) is 12.0. The van der Waals surface area contributed by atoms with Crippen LogP contribution < -0.4 is 0 Å². The van der Waals surface area contributed by atoms with Crippen molar-refractivity contribution in [3.8, 4) is 0 Å². The molecule has 0 atom stereocenters. The fourth-order valence-electron chi connectivity index (χ4n) is 0.720. The minimum Gasteiger partial charge on any atom is -0.361 e. The van der Waals surface area contributed by atoms with E-state index in [1.807, 2.05) is 20.8 Å². The molecule has 10 heavy (non-hydrogen) atoms. The molecule has 3 heteroatoms. The Morgan fingerprint density at radius 2 is 2.10 bits per heavy atom. The van der Waals surface area contributed by atoms with E-state index < -0.39 is 0 Å². The van der Waals surface area contributed by atoms with E-state index in [9.17, 15) is 4.39 Å². The van der Waals surface area contributed by atoms with Crippen molar-refractivity contribution in [1.29, 1.82) is 0 Å². The van der Waals surface area contributed by atoms with Gasteiger partial charge in [0.05, 0.1) is 0 Å². The molecule has 0 unspecified atom stereocenters. The molecule has 2 nitrogen and oxygen atoms in total. The summed E-state index contributed by atoms with van der Waals surface area (Å²) >= 11 is 0. The fraction of sp³-hybridized carbons (Fsp3) is 0.571. The van der Waals surface area contributed by atoms with E-state index in [4.69, 9.17) is 0 Å². The molecule has 56 valence electrons. The minimum absolute atomic E-state index is 0.267. The summed E-state index contributed by atoms with van der Waals surface area (Å²) in [5.74, 6) is -0.368. The Balaban J connectivity index is 3.05. The summed E-state index contributed by atoms with van der Waals surface area (Å²) < 4.78 is 17.1. The minimum atomic E-state index is -0.368. The highest BCUT2D eigenvalue weighted by Gasteiger charge is 2.21. The van der Waals surface area contributed by atoms with E-state index in [-0.39, 0.29) is 11.2 Å². The van der Waals surface area contributed by atoms with E-state index >= 15 is 0 Å². The monoisotopic (exact) mass is 143 g/mol. The van der Waals surface area contributed by atoms with Crippen LogP contribution in [0.4, 0.5) is 4.39 Å². The third kappa shape index (κ3) is 1.17. The van der Waals surface area contributed by atoms with Crippen LogP contribution in [0.3, 0.4) is 0 Å². The highest BCUT2D eigenvalue weighted by Crippen LogP contribution is 2.22. The smallest absolute Gasteiger partial charge is 0.186 e. The van der Waals surface area contributed by atoms with Gasteiger partial charge in [-0.15, -0.1) is 0 Å². The molecule has 0 N–H and O–H groups in total. The first-order valence-corrected chi connectivity index (χ1v) is 3.12. The van der Waals surface area contributed by atoms with Crippen LogP contribution in [-0.4, -0.2) is 5.16 Å². The summed E-state index contributed by atoms with van der Waals surface area (Å²) in [5, 5.41) is 3.54. The van der Waals surface area contributed by atoms with Gasteiger partial charge in [0.1, 0.15) is 5.69 Å². The van der Waals surface area contributed by atoms with E-state index in [0.717, 1.165) is 6.26 Å². The summed E-state index contributed by atoms with van der Waals surface area (Å²) in [4.78, 5) is 0. The van der Waals surface area contributed by atoms with Crippen LogP contribution in [0.25, 0.3) is 0 Å². The standard InChI is InChI=1S/C7H10FNO/c1-7(2,3)6-5(8)4-10-9-6/h4H,1-3H3. The number of halogens is 1. The van der Waals surface area contributed by atoms with Crippen LogP contribution in [0.15, 0.2) is 10.8 Å². The Bertz CT molecular complexity index is 224. The Hall–Kier alpha value is -0.860. The number of aromatic nitrogens is 1. The molecule has 1 rings (SSSR count). The molecule has 0 fully saturated rings. The first-order valence-electron chi connectivity index (χ1n) is 3.12. The molecule has 0 aromatic carbocycles. The van der Waals surface area contributed by atoms with Gasteiger partial charge < -0.3 is 4.52 Å². The highest BCUT2D eigenvalue weighted by molar-refractivity contribution is 5.10. The van der Waals surface area contributed by atoms with E-state index in [2.05, 4.69) is 9.68 Å². The van der Waals surface area contributed by atoms with Crippen LogP contribution >= 0.6 is 0 Å². The number of rotatable bonds is 0. The van der Waals surface area contributed by atoms with E-state index in [1.165, 1.54) is 0 Å². The first-order chi connectivity index (χ1) is 4.52. The quantitative estimate of drug-likeness (QED) is 0.556. The van der Waals surface area contributed by atoms with Crippen LogP contribution in [0.2, 0.25) is 0 Å². The first kappa shape index (κ1) is 7.25. The van der Waals surface area contributed by atoms with Crippen molar-refractivity contribution < 1.29 is 8.91 Å². The molecule has 1 heterocycles. The van der Waals surface area contributed by atoms with Gasteiger partial charge in [-0.1, -0.05) is 25.9 Å². The molecule has 0 spiro atoms. The van der Waals surface area contributed by atoms with Gasteiger partial charge in [-0.2, -0.15) is 0 Å². The van der Waals surface area contributed by atoms with Crippen LogP contribution in [0.5, 0.6) is 0 Å². The van der Waals surface area contributed by atoms with Crippen molar-refractivity contribution in [3.05, 3.63) is 17.8 Å². The Kier molecular flexibility index (Phi) is 1.50. The average Bonchev–Trinajstić information content (AvgIpc) is 2.11. The van der Waals surface area contributed by atoms with Crippen molar-refractivity contribution in [2.75, 3.05) is 0 Å².